The van der Waals surface area contributed by atoms with E-state index in [1.165, 1.54) is 12.1 Å². The van der Waals surface area contributed by atoms with Crippen LogP contribution in [0, 0.1) is 6.92 Å². The van der Waals surface area contributed by atoms with Gasteiger partial charge < -0.3 is 9.66 Å². The summed E-state index contributed by atoms with van der Waals surface area (Å²) in [5, 5.41) is 10.3. The van der Waals surface area contributed by atoms with Crippen LogP contribution in [0.3, 0.4) is 0 Å². The van der Waals surface area contributed by atoms with Gasteiger partial charge in [0.15, 0.2) is 0 Å². The smallest absolute Gasteiger partial charge is 0.744 e. The van der Waals surface area contributed by atoms with Crippen molar-refractivity contribution >= 4 is 85.2 Å². The Morgan fingerprint density at radius 3 is 2.22 bits per heavy atom. The van der Waals surface area contributed by atoms with E-state index in [9.17, 15) is 22.9 Å². The molecule has 5 nitrogen and oxygen atoms in total. The quantitative estimate of drug-likeness (QED) is 0.388. The summed E-state index contributed by atoms with van der Waals surface area (Å²) in [4.78, 5) is 12.0. The van der Waals surface area contributed by atoms with Gasteiger partial charge in [0, 0.05) is 5.56 Å². The van der Waals surface area contributed by atoms with E-state index in [0.29, 0.717) is 41.3 Å². The molecule has 3 rings (SSSR count). The molecule has 0 amide bonds. The van der Waals surface area contributed by atoms with Crippen LogP contribution in [-0.2, 0) is 14.9 Å². The van der Waals surface area contributed by atoms with Crippen LogP contribution in [0.2, 0.25) is 0 Å². The Morgan fingerprint density at radius 2 is 1.62 bits per heavy atom. The number of aromatic hydroxyl groups is 1. The number of halogens is 4. The number of phenols is 1. The van der Waals surface area contributed by atoms with Gasteiger partial charge in [0.05, 0.1) is 22.8 Å². The predicted octanol–water partition coefficient (Wildman–Crippen LogP) is 3.47. The molecule has 1 N–H and O–H groups in total. The Hall–Kier alpha value is -0.0400. The van der Waals surface area contributed by atoms with Crippen molar-refractivity contribution in [2.24, 2.45) is 0 Å². The summed E-state index contributed by atoms with van der Waals surface area (Å²) in [6, 6.07) is 7.54. The molecule has 0 fully saturated rings. The van der Waals surface area contributed by atoms with Crippen LogP contribution in [0.4, 0.5) is 0 Å². The fourth-order valence-electron chi connectivity index (χ4n) is 3.24. The second kappa shape index (κ2) is 10.7. The molecule has 0 bridgehead atoms. The normalized spacial score (nSPS) is 16.0. The topological polar surface area (TPSA) is 94.5 Å². The summed E-state index contributed by atoms with van der Waals surface area (Å²) < 4.78 is 37.6. The van der Waals surface area contributed by atoms with Crippen LogP contribution < -0.4 is 29.6 Å². The number of Topliss-reactive ketones (excluding diaryl/α,β-unsaturated/α-hetero) is 1. The molecule has 0 spiro atoms. The maximum Gasteiger partial charge on any atom is 1.00 e. The van der Waals surface area contributed by atoms with Crippen molar-refractivity contribution in [3.63, 3.8) is 0 Å². The summed E-state index contributed by atoms with van der Waals surface area (Å²) in [5.41, 5.74) is 2.90. The van der Waals surface area contributed by atoms with Gasteiger partial charge in [-0.3, -0.25) is 4.79 Å². The van der Waals surface area contributed by atoms with Gasteiger partial charge >= 0.3 is 29.6 Å². The van der Waals surface area contributed by atoms with Gasteiger partial charge in [-0.15, -0.1) is 0 Å². The molecule has 0 unspecified atom stereocenters. The minimum atomic E-state index is -4.81. The van der Waals surface area contributed by atoms with Gasteiger partial charge in [-0.05, 0) is 124 Å². The predicted molar refractivity (Wildman–Crippen MR) is 132 cm³/mol. The average molecular weight is 720 g/mol. The molecule has 0 radical (unpaired) electrons. The molecule has 11 heteroatoms. The third-order valence-corrected chi connectivity index (χ3v) is 8.84. The summed E-state index contributed by atoms with van der Waals surface area (Å²) in [7, 11) is -4.81. The zero-order valence-electron chi connectivity index (χ0n) is 17.0. The number of benzene rings is 2. The SMILES string of the molecule is CC1=C(Br)C(=O)C(Br)=CC1=C(c1ccccc1S(=O)(=O)[O-])c1cc(Br)c(O)c(Br)c1C.[Na+]. The zero-order chi connectivity index (χ0) is 23.2. The van der Waals surface area contributed by atoms with Crippen molar-refractivity contribution < 1.29 is 52.4 Å². The van der Waals surface area contributed by atoms with Crippen molar-refractivity contribution in [2.75, 3.05) is 0 Å². The van der Waals surface area contributed by atoms with E-state index in [0.717, 1.165) is 0 Å². The number of allylic oxidation sites excluding steroid dienone is 5. The number of hydrogen-bond acceptors (Lipinski definition) is 5. The Morgan fingerprint density at radius 1 is 1.03 bits per heavy atom. The van der Waals surface area contributed by atoms with Gasteiger partial charge in [-0.2, -0.15) is 0 Å². The molecule has 32 heavy (non-hydrogen) atoms. The second-order valence-electron chi connectivity index (χ2n) is 6.69. The first-order valence-corrected chi connectivity index (χ1v) is 13.2. The Bertz CT molecular complexity index is 1340. The summed E-state index contributed by atoms with van der Waals surface area (Å²) >= 11 is 13.3. The number of ketones is 1. The van der Waals surface area contributed by atoms with Gasteiger partial charge in [-0.25, -0.2) is 8.42 Å². The van der Waals surface area contributed by atoms with E-state index in [-0.39, 0.29) is 56.0 Å². The third-order valence-electron chi connectivity index (χ3n) is 4.82. The van der Waals surface area contributed by atoms with Crippen molar-refractivity contribution in [3.05, 3.63) is 82.2 Å². The summed E-state index contributed by atoms with van der Waals surface area (Å²) in [6.07, 6.45) is 1.60. The van der Waals surface area contributed by atoms with Gasteiger partial charge in [0.1, 0.15) is 15.9 Å². The molecule has 2 aromatic carbocycles. The van der Waals surface area contributed by atoms with Crippen LogP contribution >= 0.6 is 63.7 Å². The molecule has 0 saturated carbocycles. The number of carbonyl (C=O) groups excluding carboxylic acids is 1. The molecule has 0 heterocycles. The fourth-order valence-corrected chi connectivity index (χ4v) is 6.17. The van der Waals surface area contributed by atoms with Crippen LogP contribution in [0.5, 0.6) is 5.75 Å². The average Bonchev–Trinajstić information content (AvgIpc) is 2.72. The first kappa shape index (κ1) is 28.2. The number of rotatable bonds is 3. The maximum absolute atomic E-state index is 12.4. The fraction of sp³-hybridized carbons (Fsp3) is 0.0952. The van der Waals surface area contributed by atoms with E-state index in [2.05, 4.69) is 63.7 Å². The third kappa shape index (κ3) is 5.28. The molecule has 0 aliphatic heterocycles. The van der Waals surface area contributed by atoms with E-state index in [1.54, 1.807) is 38.1 Å². The van der Waals surface area contributed by atoms with Crippen LogP contribution in [-0.4, -0.2) is 23.9 Å². The van der Waals surface area contributed by atoms with Crippen molar-refractivity contribution in [3.8, 4) is 5.75 Å². The van der Waals surface area contributed by atoms with Crippen LogP contribution in [0.25, 0.3) is 5.57 Å². The zero-order valence-corrected chi connectivity index (χ0v) is 26.1. The maximum atomic E-state index is 12.4. The van der Waals surface area contributed by atoms with Crippen LogP contribution in [0.15, 0.2) is 70.4 Å². The van der Waals surface area contributed by atoms with Gasteiger partial charge in [0.25, 0.3) is 0 Å². The molecule has 0 saturated heterocycles. The Balaban J connectivity index is 0.00000363. The summed E-state index contributed by atoms with van der Waals surface area (Å²) in [6.45, 7) is 3.47. The van der Waals surface area contributed by atoms with Gasteiger partial charge in [0.2, 0.25) is 5.78 Å². The van der Waals surface area contributed by atoms with Crippen molar-refractivity contribution in [1.29, 1.82) is 0 Å². The van der Waals surface area contributed by atoms with Crippen LogP contribution in [0.1, 0.15) is 23.6 Å². The van der Waals surface area contributed by atoms with E-state index in [4.69, 9.17) is 0 Å². The molecular formula is C21H13Br4NaO5S. The largest absolute Gasteiger partial charge is 1.00 e. The van der Waals surface area contributed by atoms with E-state index < -0.39 is 10.1 Å². The van der Waals surface area contributed by atoms with E-state index in [1.807, 2.05) is 0 Å². The second-order valence-corrected chi connectivity index (χ2v) is 11.3. The Kier molecular flexibility index (Phi) is 9.43. The first-order valence-electron chi connectivity index (χ1n) is 8.62. The minimum absolute atomic E-state index is 0. The Labute approximate surface area is 241 Å². The molecule has 0 aromatic heterocycles. The van der Waals surface area contributed by atoms with Crippen molar-refractivity contribution in [1.82, 2.24) is 0 Å². The molecular weight excluding hydrogens is 707 g/mol. The number of hydrogen-bond donors (Lipinski definition) is 1. The summed E-state index contributed by atoms with van der Waals surface area (Å²) in [5.74, 6) is -0.269. The molecule has 162 valence electrons. The standard InChI is InChI=1S/C21H14Br4O5S.Na/c1-9-12(7-14(22)20(26)18(9)24)17(11-5-3-4-6-16(11)31(28,29)30)13-8-15(23)21(27)19(25)10(13)2;/h3-8,26H,1-2H3,(H,28,29,30);/q;+1/p-1. The number of carbonyl (C=O) groups is 1. The molecule has 1 aliphatic carbocycles. The van der Waals surface area contributed by atoms with Crippen molar-refractivity contribution in [2.45, 2.75) is 18.7 Å². The minimum Gasteiger partial charge on any atom is -0.744 e. The molecule has 2 aromatic rings. The molecule has 1 aliphatic rings. The monoisotopic (exact) mass is 716 g/mol. The first-order chi connectivity index (χ1) is 14.4. The van der Waals surface area contributed by atoms with E-state index >= 15 is 0 Å². The number of phenolic OH excluding ortho intramolecular Hbond substituents is 1. The molecule has 0 atom stereocenters. The van der Waals surface area contributed by atoms with Gasteiger partial charge in [-0.1, -0.05) is 18.2 Å².